The molecule has 19 heavy (non-hydrogen) atoms. The largest absolute Gasteiger partial charge is 0.310 e. The second-order valence-electron chi connectivity index (χ2n) is 5.23. The highest BCUT2D eigenvalue weighted by Crippen LogP contribution is 2.35. The second kappa shape index (κ2) is 6.21. The summed E-state index contributed by atoms with van der Waals surface area (Å²) >= 11 is 3.85. The third-order valence-corrected chi connectivity index (χ3v) is 5.94. The zero-order valence-corrected chi connectivity index (χ0v) is 13.1. The fourth-order valence-electron chi connectivity index (χ4n) is 2.86. The second-order valence-corrected chi connectivity index (χ2v) is 7.18. The van der Waals surface area contributed by atoms with E-state index in [2.05, 4.69) is 35.1 Å². The van der Waals surface area contributed by atoms with Gasteiger partial charge in [0.05, 0.1) is 0 Å². The Labute approximate surface area is 123 Å². The van der Waals surface area contributed by atoms with Crippen molar-refractivity contribution < 1.29 is 0 Å². The predicted molar refractivity (Wildman–Crippen MR) is 85.4 cm³/mol. The minimum atomic E-state index is 0.542. The van der Waals surface area contributed by atoms with Crippen molar-refractivity contribution in [1.29, 1.82) is 0 Å². The first-order chi connectivity index (χ1) is 9.36. The van der Waals surface area contributed by atoms with Crippen molar-refractivity contribution in [2.45, 2.75) is 45.1 Å². The normalized spacial score (nSPS) is 15.6. The number of hydrogen-bond acceptors (Lipinski definition) is 3. The summed E-state index contributed by atoms with van der Waals surface area (Å²) in [6, 6.07) is 5.26. The Morgan fingerprint density at radius 2 is 2.32 bits per heavy atom. The molecule has 3 heteroatoms. The Hall–Kier alpha value is -0.640. The summed E-state index contributed by atoms with van der Waals surface area (Å²) in [5, 5.41) is 8.12. The lowest BCUT2D eigenvalue weighted by molar-refractivity contribution is 0.523. The van der Waals surface area contributed by atoms with Crippen molar-refractivity contribution in [1.82, 2.24) is 5.32 Å². The van der Waals surface area contributed by atoms with E-state index in [9.17, 15) is 0 Å². The smallest absolute Gasteiger partial charge is 0.0418 e. The van der Waals surface area contributed by atoms with Crippen LogP contribution in [-0.4, -0.2) is 6.54 Å². The number of hydrogen-bond donors (Lipinski definition) is 1. The van der Waals surface area contributed by atoms with Gasteiger partial charge in [0.2, 0.25) is 0 Å². The van der Waals surface area contributed by atoms with Crippen LogP contribution in [0.3, 0.4) is 0 Å². The Morgan fingerprint density at radius 1 is 1.37 bits per heavy atom. The van der Waals surface area contributed by atoms with E-state index < -0.39 is 0 Å². The van der Waals surface area contributed by atoms with Gasteiger partial charge in [-0.05, 0) is 72.7 Å². The summed E-state index contributed by atoms with van der Waals surface area (Å²) < 4.78 is 0. The molecule has 1 nitrogen and oxygen atoms in total. The number of fused-ring (bicyclic) bond motifs is 1. The molecule has 0 spiro atoms. The molecule has 2 aromatic rings. The van der Waals surface area contributed by atoms with Crippen molar-refractivity contribution in [3.63, 3.8) is 0 Å². The van der Waals surface area contributed by atoms with Crippen molar-refractivity contribution >= 4 is 22.7 Å². The summed E-state index contributed by atoms with van der Waals surface area (Å²) in [7, 11) is 0. The van der Waals surface area contributed by atoms with Gasteiger partial charge in [-0.25, -0.2) is 0 Å². The van der Waals surface area contributed by atoms with Crippen LogP contribution in [-0.2, 0) is 19.3 Å². The van der Waals surface area contributed by atoms with E-state index in [1.807, 2.05) is 11.3 Å². The van der Waals surface area contributed by atoms with Crippen LogP contribution in [0, 0.1) is 0 Å². The average molecular weight is 291 g/mol. The molecule has 2 heterocycles. The van der Waals surface area contributed by atoms with Crippen molar-refractivity contribution in [3.8, 4) is 0 Å². The van der Waals surface area contributed by atoms with E-state index in [4.69, 9.17) is 0 Å². The van der Waals surface area contributed by atoms with Crippen LogP contribution in [0.2, 0.25) is 0 Å². The standard InChI is InChI=1S/C16H21NS2/c1-2-17-14(7-6-12-8-9-18-11-12)16-10-13-4-3-5-15(13)19-16/h8-11,14,17H,2-7H2,1H3. The minimum absolute atomic E-state index is 0.542. The third-order valence-electron chi connectivity index (χ3n) is 3.86. The number of rotatable bonds is 6. The monoisotopic (exact) mass is 291 g/mol. The quantitative estimate of drug-likeness (QED) is 0.821. The molecule has 0 saturated carbocycles. The lowest BCUT2D eigenvalue weighted by Gasteiger charge is -2.16. The van der Waals surface area contributed by atoms with Gasteiger partial charge in [0.1, 0.15) is 0 Å². The molecule has 0 radical (unpaired) electrons. The van der Waals surface area contributed by atoms with Gasteiger partial charge in [-0.1, -0.05) is 6.92 Å². The molecule has 3 rings (SSSR count). The van der Waals surface area contributed by atoms with Gasteiger partial charge in [0.25, 0.3) is 0 Å². The minimum Gasteiger partial charge on any atom is -0.310 e. The van der Waals surface area contributed by atoms with Crippen LogP contribution in [0.5, 0.6) is 0 Å². The zero-order valence-electron chi connectivity index (χ0n) is 11.4. The third kappa shape index (κ3) is 3.10. The van der Waals surface area contributed by atoms with E-state index in [1.54, 1.807) is 26.7 Å². The van der Waals surface area contributed by atoms with Crippen molar-refractivity contribution in [2.24, 2.45) is 0 Å². The first kappa shape index (κ1) is 13.3. The average Bonchev–Trinajstić information content (AvgIpc) is 3.09. The molecule has 1 aliphatic rings. The van der Waals surface area contributed by atoms with Crippen LogP contribution >= 0.6 is 22.7 Å². The number of aryl methyl sites for hydroxylation is 3. The van der Waals surface area contributed by atoms with Crippen LogP contribution in [0.15, 0.2) is 22.9 Å². The van der Waals surface area contributed by atoms with Crippen LogP contribution in [0.25, 0.3) is 0 Å². The van der Waals surface area contributed by atoms with Gasteiger partial charge < -0.3 is 5.32 Å². The highest BCUT2D eigenvalue weighted by Gasteiger charge is 2.19. The van der Waals surface area contributed by atoms with E-state index in [-0.39, 0.29) is 0 Å². The SMILES string of the molecule is CCNC(CCc1ccsc1)c1cc2c(s1)CCC2. The fraction of sp³-hybridized carbons (Fsp3) is 0.500. The molecule has 0 fully saturated rings. The van der Waals surface area contributed by atoms with E-state index in [0.717, 1.165) is 6.54 Å². The van der Waals surface area contributed by atoms with Gasteiger partial charge in [-0.15, -0.1) is 11.3 Å². The number of nitrogens with one attached hydrogen (secondary N) is 1. The van der Waals surface area contributed by atoms with Crippen LogP contribution < -0.4 is 5.32 Å². The molecular weight excluding hydrogens is 270 g/mol. The maximum absolute atomic E-state index is 3.66. The molecule has 1 unspecified atom stereocenters. The predicted octanol–water partition coefficient (Wildman–Crippen LogP) is 4.58. The molecule has 0 bridgehead atoms. The summed E-state index contributed by atoms with van der Waals surface area (Å²) in [6.07, 6.45) is 6.37. The molecule has 1 atom stereocenters. The Balaban J connectivity index is 1.68. The lowest BCUT2D eigenvalue weighted by Crippen LogP contribution is -2.20. The highest BCUT2D eigenvalue weighted by molar-refractivity contribution is 7.12. The first-order valence-electron chi connectivity index (χ1n) is 7.22. The van der Waals surface area contributed by atoms with Gasteiger partial charge in [0, 0.05) is 15.8 Å². The van der Waals surface area contributed by atoms with Crippen molar-refractivity contribution in [3.05, 3.63) is 43.8 Å². The Kier molecular flexibility index (Phi) is 4.36. The summed E-state index contributed by atoms with van der Waals surface area (Å²) in [5.41, 5.74) is 3.11. The van der Waals surface area contributed by atoms with E-state index >= 15 is 0 Å². The zero-order chi connectivity index (χ0) is 13.1. The van der Waals surface area contributed by atoms with Gasteiger partial charge in [0.15, 0.2) is 0 Å². The maximum Gasteiger partial charge on any atom is 0.0418 e. The molecule has 2 aromatic heterocycles. The van der Waals surface area contributed by atoms with E-state index in [1.165, 1.54) is 37.7 Å². The van der Waals surface area contributed by atoms with Crippen LogP contribution in [0.1, 0.15) is 46.7 Å². The highest BCUT2D eigenvalue weighted by atomic mass is 32.1. The lowest BCUT2D eigenvalue weighted by atomic mass is 10.1. The Bertz CT molecular complexity index is 491. The Morgan fingerprint density at radius 3 is 3.05 bits per heavy atom. The summed E-state index contributed by atoms with van der Waals surface area (Å²) in [6.45, 7) is 3.26. The molecule has 0 saturated heterocycles. The summed E-state index contributed by atoms with van der Waals surface area (Å²) in [4.78, 5) is 3.20. The first-order valence-corrected chi connectivity index (χ1v) is 8.98. The molecule has 0 amide bonds. The molecule has 1 aliphatic carbocycles. The molecule has 1 N–H and O–H groups in total. The van der Waals surface area contributed by atoms with Crippen molar-refractivity contribution in [2.75, 3.05) is 6.54 Å². The maximum atomic E-state index is 3.66. The number of thiophene rings is 2. The topological polar surface area (TPSA) is 12.0 Å². The fourth-order valence-corrected chi connectivity index (χ4v) is 4.93. The van der Waals surface area contributed by atoms with Gasteiger partial charge in [-0.3, -0.25) is 0 Å². The molecule has 0 aliphatic heterocycles. The van der Waals surface area contributed by atoms with Crippen LogP contribution in [0.4, 0.5) is 0 Å². The molecule has 0 aromatic carbocycles. The summed E-state index contributed by atoms with van der Waals surface area (Å²) in [5.74, 6) is 0. The van der Waals surface area contributed by atoms with E-state index in [0.29, 0.717) is 6.04 Å². The van der Waals surface area contributed by atoms with Gasteiger partial charge in [-0.2, -0.15) is 11.3 Å². The van der Waals surface area contributed by atoms with Gasteiger partial charge >= 0.3 is 0 Å². The molecular formula is C16H21NS2. The molecule has 102 valence electrons.